The van der Waals surface area contributed by atoms with Gasteiger partial charge < -0.3 is 14.8 Å². The Balaban J connectivity index is 1.92. The third-order valence-electron chi connectivity index (χ3n) is 2.61. The van der Waals surface area contributed by atoms with Gasteiger partial charge in [-0.3, -0.25) is 4.79 Å². The zero-order valence-corrected chi connectivity index (χ0v) is 12.4. The smallest absolute Gasteiger partial charge is 0.353 e. The minimum atomic E-state index is -1.15. The highest BCUT2D eigenvalue weighted by atomic mass is 79.9. The second-order valence-corrected chi connectivity index (χ2v) is 6.39. The van der Waals surface area contributed by atoms with Gasteiger partial charge in [-0.25, -0.2) is 4.79 Å². The second-order valence-electron chi connectivity index (χ2n) is 4.09. The third kappa shape index (κ3) is 3.32. The Kier molecular flexibility index (Phi) is 4.20. The predicted molar refractivity (Wildman–Crippen MR) is 73.1 cm³/mol. The van der Waals surface area contributed by atoms with E-state index in [2.05, 4.69) is 21.1 Å². The van der Waals surface area contributed by atoms with Crippen molar-refractivity contribution in [3.05, 3.63) is 20.8 Å². The van der Waals surface area contributed by atoms with Gasteiger partial charge in [0.25, 0.3) is 5.91 Å². The van der Waals surface area contributed by atoms with Crippen molar-refractivity contribution < 1.29 is 19.5 Å². The van der Waals surface area contributed by atoms with Crippen molar-refractivity contribution >= 4 is 44.9 Å². The van der Waals surface area contributed by atoms with Gasteiger partial charge in [0, 0.05) is 20.0 Å². The van der Waals surface area contributed by atoms with Crippen molar-refractivity contribution in [1.29, 1.82) is 0 Å². The standard InChI is InChI=1S/C11H11BrN2O4S/c1-14(4-6-2-9(12)19-5-6)10(15)8-3-7(11(16)17)13-18-8/h2,5,8H,3-4H2,1H3,(H,16,17). The number of aliphatic carboxylic acids is 1. The van der Waals surface area contributed by atoms with Crippen molar-refractivity contribution in [3.8, 4) is 0 Å². The molecule has 1 aliphatic heterocycles. The Hall–Kier alpha value is -1.41. The van der Waals surface area contributed by atoms with Gasteiger partial charge in [-0.1, -0.05) is 5.16 Å². The molecule has 1 atom stereocenters. The quantitative estimate of drug-likeness (QED) is 0.899. The van der Waals surface area contributed by atoms with Crippen molar-refractivity contribution in [2.75, 3.05) is 7.05 Å². The van der Waals surface area contributed by atoms with Gasteiger partial charge in [-0.05, 0) is 32.9 Å². The summed E-state index contributed by atoms with van der Waals surface area (Å²) in [5, 5.41) is 14.1. The van der Waals surface area contributed by atoms with Crippen LogP contribution in [0.3, 0.4) is 0 Å². The van der Waals surface area contributed by atoms with Gasteiger partial charge in [-0.15, -0.1) is 11.3 Å². The molecule has 102 valence electrons. The first kappa shape index (κ1) is 14.0. The molecule has 0 aromatic carbocycles. The minimum Gasteiger partial charge on any atom is -0.477 e. The van der Waals surface area contributed by atoms with E-state index in [1.807, 2.05) is 11.4 Å². The molecule has 19 heavy (non-hydrogen) atoms. The van der Waals surface area contributed by atoms with E-state index in [0.29, 0.717) is 6.54 Å². The summed E-state index contributed by atoms with van der Waals surface area (Å²) in [4.78, 5) is 29.1. The molecular weight excluding hydrogens is 336 g/mol. The molecule has 6 nitrogen and oxygen atoms in total. The van der Waals surface area contributed by atoms with Gasteiger partial charge >= 0.3 is 5.97 Å². The van der Waals surface area contributed by atoms with Crippen LogP contribution in [-0.4, -0.2) is 40.7 Å². The molecule has 1 N–H and O–H groups in total. The summed E-state index contributed by atoms with van der Waals surface area (Å²) < 4.78 is 0.997. The zero-order chi connectivity index (χ0) is 14.0. The van der Waals surface area contributed by atoms with Crippen LogP contribution in [0.1, 0.15) is 12.0 Å². The molecule has 0 spiro atoms. The minimum absolute atomic E-state index is 0.00579. The Morgan fingerprint density at radius 1 is 1.68 bits per heavy atom. The first-order valence-corrected chi connectivity index (χ1v) is 7.08. The molecule has 1 aliphatic rings. The van der Waals surface area contributed by atoms with E-state index >= 15 is 0 Å². The highest BCUT2D eigenvalue weighted by Crippen LogP contribution is 2.22. The van der Waals surface area contributed by atoms with Crippen LogP contribution in [0.15, 0.2) is 20.4 Å². The van der Waals surface area contributed by atoms with Crippen LogP contribution in [-0.2, 0) is 21.0 Å². The number of nitrogens with zero attached hydrogens (tertiary/aromatic N) is 2. The maximum Gasteiger partial charge on any atom is 0.353 e. The number of carboxylic acids is 1. The molecule has 0 bridgehead atoms. The maximum absolute atomic E-state index is 12.1. The van der Waals surface area contributed by atoms with Crippen molar-refractivity contribution in [3.63, 3.8) is 0 Å². The average molecular weight is 347 g/mol. The molecule has 0 aliphatic carbocycles. The number of halogens is 1. The number of oxime groups is 1. The molecule has 1 aromatic heterocycles. The number of likely N-dealkylation sites (N-methyl/N-ethyl adjacent to an activating group) is 1. The number of carboxylic acid groups (broad SMARTS) is 1. The molecule has 2 rings (SSSR count). The lowest BCUT2D eigenvalue weighted by molar-refractivity contribution is -0.141. The van der Waals surface area contributed by atoms with Gasteiger partial charge in [0.1, 0.15) is 0 Å². The van der Waals surface area contributed by atoms with Gasteiger partial charge in [0.2, 0.25) is 6.10 Å². The van der Waals surface area contributed by atoms with Gasteiger partial charge in [0.15, 0.2) is 5.71 Å². The van der Waals surface area contributed by atoms with E-state index in [-0.39, 0.29) is 18.0 Å². The summed E-state index contributed by atoms with van der Waals surface area (Å²) in [6.45, 7) is 0.448. The summed E-state index contributed by atoms with van der Waals surface area (Å²) in [7, 11) is 1.65. The fourth-order valence-corrected chi connectivity index (χ4v) is 2.86. The molecule has 0 saturated carbocycles. The lowest BCUT2D eigenvalue weighted by Gasteiger charge is -2.19. The number of amides is 1. The maximum atomic E-state index is 12.1. The second kappa shape index (κ2) is 5.70. The van der Waals surface area contributed by atoms with Crippen LogP contribution in [0.2, 0.25) is 0 Å². The summed E-state index contributed by atoms with van der Waals surface area (Å²) in [6.07, 6.45) is -0.829. The summed E-state index contributed by atoms with van der Waals surface area (Å²) in [5.74, 6) is -1.43. The summed E-state index contributed by atoms with van der Waals surface area (Å²) in [5.41, 5.74) is 0.884. The lowest BCUT2D eigenvalue weighted by Crippen LogP contribution is -2.36. The molecule has 0 saturated heterocycles. The van der Waals surface area contributed by atoms with E-state index in [1.54, 1.807) is 18.4 Å². The van der Waals surface area contributed by atoms with Crippen LogP contribution < -0.4 is 0 Å². The highest BCUT2D eigenvalue weighted by Gasteiger charge is 2.33. The first-order valence-electron chi connectivity index (χ1n) is 5.41. The number of rotatable bonds is 4. The first-order chi connectivity index (χ1) is 8.97. The Labute approximate surface area is 121 Å². The largest absolute Gasteiger partial charge is 0.477 e. The molecule has 1 amide bonds. The fourth-order valence-electron chi connectivity index (χ4n) is 1.66. The van der Waals surface area contributed by atoms with E-state index < -0.39 is 12.1 Å². The van der Waals surface area contributed by atoms with E-state index in [1.165, 1.54) is 4.90 Å². The molecule has 8 heteroatoms. The molecule has 0 fully saturated rings. The van der Waals surface area contributed by atoms with Crippen LogP contribution >= 0.6 is 27.3 Å². The number of hydrogen-bond acceptors (Lipinski definition) is 5. The number of hydrogen-bond donors (Lipinski definition) is 1. The Bertz CT molecular complexity index is 543. The van der Waals surface area contributed by atoms with Crippen LogP contribution in [0.4, 0.5) is 0 Å². The van der Waals surface area contributed by atoms with Crippen molar-refractivity contribution in [2.24, 2.45) is 5.16 Å². The molecule has 2 heterocycles. The predicted octanol–water partition coefficient (Wildman–Crippen LogP) is 1.70. The number of carbonyl (C=O) groups excluding carboxylic acids is 1. The van der Waals surface area contributed by atoms with Gasteiger partial charge in [-0.2, -0.15) is 0 Å². The molecule has 0 radical (unpaired) electrons. The van der Waals surface area contributed by atoms with E-state index in [9.17, 15) is 9.59 Å². The average Bonchev–Trinajstić information content (AvgIpc) is 2.97. The molecule has 1 unspecified atom stereocenters. The van der Waals surface area contributed by atoms with Crippen molar-refractivity contribution in [1.82, 2.24) is 4.90 Å². The monoisotopic (exact) mass is 346 g/mol. The Morgan fingerprint density at radius 3 is 2.95 bits per heavy atom. The normalized spacial score (nSPS) is 17.8. The van der Waals surface area contributed by atoms with E-state index in [0.717, 1.165) is 9.35 Å². The number of carbonyl (C=O) groups is 2. The summed E-state index contributed by atoms with van der Waals surface area (Å²) in [6, 6.07) is 1.93. The SMILES string of the molecule is CN(Cc1csc(Br)c1)C(=O)C1CC(C(=O)O)=NO1. The summed E-state index contributed by atoms with van der Waals surface area (Å²) >= 11 is 4.90. The fraction of sp³-hybridized carbons (Fsp3) is 0.364. The molecule has 1 aromatic rings. The number of thiophene rings is 1. The lowest BCUT2D eigenvalue weighted by atomic mass is 10.1. The van der Waals surface area contributed by atoms with Crippen molar-refractivity contribution in [2.45, 2.75) is 19.1 Å². The third-order valence-corrected chi connectivity index (χ3v) is 4.16. The topological polar surface area (TPSA) is 79.2 Å². The van der Waals surface area contributed by atoms with Crippen LogP contribution in [0, 0.1) is 0 Å². The molecular formula is C11H11BrN2O4S. The van der Waals surface area contributed by atoms with E-state index in [4.69, 9.17) is 9.94 Å². The van der Waals surface area contributed by atoms with Gasteiger partial charge in [0.05, 0.1) is 3.79 Å². The zero-order valence-electron chi connectivity index (χ0n) is 10.00. The Morgan fingerprint density at radius 2 is 2.42 bits per heavy atom. The van der Waals surface area contributed by atoms with Crippen LogP contribution in [0.5, 0.6) is 0 Å². The van der Waals surface area contributed by atoms with Crippen LogP contribution in [0.25, 0.3) is 0 Å². The highest BCUT2D eigenvalue weighted by molar-refractivity contribution is 9.11.